The number of amides is 1. The van der Waals surface area contributed by atoms with Crippen molar-refractivity contribution in [1.82, 2.24) is 29.2 Å². The number of aryl methyl sites for hydroxylation is 1. The fourth-order valence-electron chi connectivity index (χ4n) is 5.02. The Morgan fingerprint density at radius 3 is 2.36 bits per heavy atom. The molecule has 1 aliphatic rings. The molecule has 0 unspecified atom stereocenters. The number of carbonyl (C=O) groups is 1. The lowest BCUT2D eigenvalue weighted by atomic mass is 10.2. The third-order valence-electron chi connectivity index (χ3n) is 7.44. The number of carbonyl (C=O) groups excluding carboxylic acids is 1. The molecule has 0 saturated carbocycles. The van der Waals surface area contributed by atoms with Crippen LogP contribution in [0.1, 0.15) is 23.1 Å². The summed E-state index contributed by atoms with van der Waals surface area (Å²) in [5.74, 6) is 0.0583. The van der Waals surface area contributed by atoms with E-state index in [1.165, 1.54) is 21.5 Å². The van der Waals surface area contributed by atoms with E-state index in [0.29, 0.717) is 49.3 Å². The molecule has 0 spiro atoms. The number of anilines is 1. The number of alkyl halides is 3. The minimum atomic E-state index is -4.50. The third-order valence-corrected chi connectivity index (χ3v) is 7.44. The zero-order chi connectivity index (χ0) is 32.0. The molecule has 5 rings (SSSR count). The highest BCUT2D eigenvalue weighted by Crippen LogP contribution is 2.28. The molecule has 238 valence electrons. The van der Waals surface area contributed by atoms with Crippen molar-refractivity contribution in [2.45, 2.75) is 39.4 Å². The Hall–Kier alpha value is -4.63. The molecule has 1 fully saturated rings. The molecule has 1 aliphatic heterocycles. The van der Waals surface area contributed by atoms with Gasteiger partial charge in [-0.3, -0.25) is 14.4 Å². The molecule has 3 aromatic heterocycles. The van der Waals surface area contributed by atoms with Gasteiger partial charge >= 0.3 is 6.18 Å². The smallest absolute Gasteiger partial charge is 0.379 e. The van der Waals surface area contributed by atoms with Crippen LogP contribution in [0, 0.1) is 6.92 Å². The summed E-state index contributed by atoms with van der Waals surface area (Å²) < 4.78 is 52.2. The van der Waals surface area contributed by atoms with E-state index in [9.17, 15) is 27.6 Å². The molecular formula is C30H32F3N7O5. The van der Waals surface area contributed by atoms with Crippen LogP contribution in [0.4, 0.5) is 19.1 Å². The molecule has 0 aliphatic carbocycles. The molecule has 0 atom stereocenters. The van der Waals surface area contributed by atoms with E-state index in [-0.39, 0.29) is 55.9 Å². The van der Waals surface area contributed by atoms with E-state index >= 15 is 0 Å². The van der Waals surface area contributed by atoms with Crippen molar-refractivity contribution < 1.29 is 27.4 Å². The number of nitrogens with zero attached hydrogens (tertiary/aromatic N) is 7. The maximum absolute atomic E-state index is 13.2. The number of aromatic nitrogens is 5. The Kier molecular flexibility index (Phi) is 9.88. The molecule has 0 radical (unpaired) electrons. The monoisotopic (exact) mass is 627 g/mol. The van der Waals surface area contributed by atoms with Gasteiger partial charge < -0.3 is 23.8 Å². The van der Waals surface area contributed by atoms with Gasteiger partial charge in [-0.15, -0.1) is 0 Å². The first kappa shape index (κ1) is 31.8. The van der Waals surface area contributed by atoms with Gasteiger partial charge in [-0.05, 0) is 18.1 Å². The van der Waals surface area contributed by atoms with Crippen LogP contribution in [0.5, 0.6) is 0 Å². The summed E-state index contributed by atoms with van der Waals surface area (Å²) in [5.41, 5.74) is 0.302. The Morgan fingerprint density at radius 2 is 1.67 bits per heavy atom. The van der Waals surface area contributed by atoms with Crippen LogP contribution in [-0.2, 0) is 40.3 Å². The summed E-state index contributed by atoms with van der Waals surface area (Å²) in [7, 11) is 0. The number of hydrogen-bond acceptors (Lipinski definition) is 9. The van der Waals surface area contributed by atoms with Crippen LogP contribution in [0.3, 0.4) is 0 Å². The standard InChI is InChI=1S/C30H32F3N7O5/c1-21-15-26(42)39(24-18-36-40(28(43)27(21)24)20-45-19-22-5-3-2-4-6-22)12-14-44-13-7-25(41)37-8-10-38(11-9-37)29-34-16-23(17-35-29)30(31,32)33/h2-6,15-18H,7-14,19-20H2,1H3. The zero-order valence-corrected chi connectivity index (χ0v) is 24.6. The van der Waals surface area contributed by atoms with Gasteiger partial charge in [-0.25, -0.2) is 14.6 Å². The first-order valence-corrected chi connectivity index (χ1v) is 14.3. The summed E-state index contributed by atoms with van der Waals surface area (Å²) in [6, 6.07) is 10.9. The van der Waals surface area contributed by atoms with Gasteiger partial charge in [0.1, 0.15) is 6.73 Å². The SMILES string of the molecule is Cc1cc(=O)n(CCOCCC(=O)N2CCN(c3ncc(C(F)(F)F)cn3)CC2)c2cnn(COCc3ccccc3)c(=O)c12. The highest BCUT2D eigenvalue weighted by Gasteiger charge is 2.32. The number of benzene rings is 1. The molecule has 1 aromatic carbocycles. The molecule has 45 heavy (non-hydrogen) atoms. The van der Waals surface area contributed by atoms with E-state index in [1.807, 2.05) is 30.3 Å². The fourth-order valence-corrected chi connectivity index (χ4v) is 5.02. The number of halogens is 3. The highest BCUT2D eigenvalue weighted by atomic mass is 19.4. The first-order valence-electron chi connectivity index (χ1n) is 14.3. The van der Waals surface area contributed by atoms with Gasteiger partial charge in [0.25, 0.3) is 11.1 Å². The van der Waals surface area contributed by atoms with E-state index in [0.717, 1.165) is 18.0 Å². The van der Waals surface area contributed by atoms with Crippen molar-refractivity contribution in [3.63, 3.8) is 0 Å². The molecule has 4 aromatic rings. The highest BCUT2D eigenvalue weighted by molar-refractivity contribution is 5.80. The fraction of sp³-hybridized carbons (Fsp3) is 0.400. The third kappa shape index (κ3) is 7.72. The average molecular weight is 628 g/mol. The number of pyridine rings is 1. The number of ether oxygens (including phenoxy) is 2. The minimum absolute atomic E-state index is 0.0444. The summed E-state index contributed by atoms with van der Waals surface area (Å²) in [6.45, 7) is 3.90. The molecular weight excluding hydrogens is 595 g/mol. The topological polar surface area (TPSA) is 125 Å². The zero-order valence-electron chi connectivity index (χ0n) is 24.6. The Balaban J connectivity index is 1.10. The maximum Gasteiger partial charge on any atom is 0.419 e. The molecule has 0 bridgehead atoms. The van der Waals surface area contributed by atoms with E-state index in [4.69, 9.17) is 9.47 Å². The lowest BCUT2D eigenvalue weighted by Gasteiger charge is -2.34. The quantitative estimate of drug-likeness (QED) is 0.231. The summed E-state index contributed by atoms with van der Waals surface area (Å²) in [4.78, 5) is 49.6. The first-order chi connectivity index (χ1) is 21.6. The van der Waals surface area contributed by atoms with Gasteiger partial charge in [0, 0.05) is 51.2 Å². The Morgan fingerprint density at radius 1 is 0.956 bits per heavy atom. The largest absolute Gasteiger partial charge is 0.419 e. The molecule has 0 N–H and O–H groups in total. The van der Waals surface area contributed by atoms with Crippen LogP contribution in [0.25, 0.3) is 10.9 Å². The van der Waals surface area contributed by atoms with Gasteiger partial charge in [0.05, 0.1) is 48.9 Å². The van der Waals surface area contributed by atoms with Crippen molar-refractivity contribution in [2.75, 3.05) is 44.3 Å². The van der Waals surface area contributed by atoms with Crippen LogP contribution in [0.15, 0.2) is 64.6 Å². The maximum atomic E-state index is 13.2. The molecule has 1 saturated heterocycles. The second-order valence-corrected chi connectivity index (χ2v) is 10.5. The van der Waals surface area contributed by atoms with Crippen molar-refractivity contribution in [3.8, 4) is 0 Å². The number of rotatable bonds is 11. The normalized spacial score (nSPS) is 13.9. The molecule has 4 heterocycles. The van der Waals surface area contributed by atoms with Crippen molar-refractivity contribution in [1.29, 1.82) is 0 Å². The van der Waals surface area contributed by atoms with Gasteiger partial charge in [0.2, 0.25) is 11.9 Å². The number of piperazine rings is 1. The van der Waals surface area contributed by atoms with Crippen LogP contribution in [-0.4, -0.2) is 74.5 Å². The lowest BCUT2D eigenvalue weighted by Crippen LogP contribution is -2.49. The number of hydrogen-bond donors (Lipinski definition) is 0. The molecule has 15 heteroatoms. The lowest BCUT2D eigenvalue weighted by molar-refractivity contribution is -0.138. The van der Waals surface area contributed by atoms with E-state index < -0.39 is 11.7 Å². The minimum Gasteiger partial charge on any atom is -0.379 e. The van der Waals surface area contributed by atoms with E-state index in [2.05, 4.69) is 15.1 Å². The molecule has 1 amide bonds. The van der Waals surface area contributed by atoms with Crippen LogP contribution in [0.2, 0.25) is 0 Å². The van der Waals surface area contributed by atoms with Gasteiger partial charge in [0.15, 0.2) is 0 Å². The summed E-state index contributed by atoms with van der Waals surface area (Å²) in [5, 5.41) is 4.57. The van der Waals surface area contributed by atoms with E-state index in [1.54, 1.807) is 16.7 Å². The average Bonchev–Trinajstić information content (AvgIpc) is 3.03. The van der Waals surface area contributed by atoms with Crippen molar-refractivity contribution >= 4 is 22.8 Å². The van der Waals surface area contributed by atoms with Gasteiger partial charge in [-0.1, -0.05) is 30.3 Å². The molecule has 12 nitrogen and oxygen atoms in total. The summed E-state index contributed by atoms with van der Waals surface area (Å²) >= 11 is 0. The Labute approximate surface area is 255 Å². The Bertz CT molecular complexity index is 1740. The second kappa shape index (κ2) is 14.0. The van der Waals surface area contributed by atoms with Crippen LogP contribution < -0.4 is 16.0 Å². The number of fused-ring (bicyclic) bond motifs is 1. The van der Waals surface area contributed by atoms with Gasteiger partial charge in [-0.2, -0.15) is 18.3 Å². The van der Waals surface area contributed by atoms with Crippen LogP contribution >= 0.6 is 0 Å². The second-order valence-electron chi connectivity index (χ2n) is 10.5. The summed E-state index contributed by atoms with van der Waals surface area (Å²) in [6.07, 6.45) is -1.42. The predicted molar refractivity (Wildman–Crippen MR) is 157 cm³/mol. The van der Waals surface area contributed by atoms with Crippen molar-refractivity contribution in [3.05, 3.63) is 92.4 Å². The van der Waals surface area contributed by atoms with Crippen molar-refractivity contribution in [2.24, 2.45) is 0 Å². The predicted octanol–water partition coefficient (Wildman–Crippen LogP) is 2.61.